The second-order valence-electron chi connectivity index (χ2n) is 9.27. The third-order valence-corrected chi connectivity index (χ3v) is 7.75. The summed E-state index contributed by atoms with van der Waals surface area (Å²) in [5, 5.41) is 20.0. The molecule has 3 rings (SSSR count). The highest BCUT2D eigenvalue weighted by Gasteiger charge is 2.15. The number of rotatable bonds is 11. The molecule has 38 heavy (non-hydrogen) atoms. The maximum atomic E-state index is 10.0. The van der Waals surface area contributed by atoms with Crippen molar-refractivity contribution >= 4 is 55.2 Å². The summed E-state index contributed by atoms with van der Waals surface area (Å²) in [6.07, 6.45) is 9.35. The first-order chi connectivity index (χ1) is 18.4. The normalized spacial score (nSPS) is 12.5. The summed E-state index contributed by atoms with van der Waals surface area (Å²) in [6.45, 7) is 4.46. The molecule has 0 aliphatic heterocycles. The molecule has 3 nitrogen and oxygen atoms in total. The lowest BCUT2D eigenvalue weighted by Crippen LogP contribution is -2.06. The molecule has 0 saturated carbocycles. The van der Waals surface area contributed by atoms with Crippen molar-refractivity contribution in [1.82, 2.24) is 0 Å². The second-order valence-corrected chi connectivity index (χ2v) is 11.1. The molecule has 0 N–H and O–H groups in total. The Hall–Kier alpha value is -3.12. The fraction of sp³-hybridized carbons (Fsp3) is 0.273. The minimum atomic E-state index is 0.535. The number of ether oxygens (including phenoxy) is 1. The number of unbranched alkanes of at least 4 members (excludes halogenated alkanes) is 1. The van der Waals surface area contributed by atoms with Crippen molar-refractivity contribution in [1.29, 1.82) is 10.5 Å². The van der Waals surface area contributed by atoms with Crippen LogP contribution in [0.1, 0.15) is 67.3 Å². The standard InChI is InChI=1S/C33H32Br2N2O/c1-4-6-7-23(5-2)16-26-17-28(19-30(22-37)25-10-14-32(35)15-11-25)33(38-3)20-27(26)18-29(21-36)24-8-12-31(34)13-9-24/h8-15,17-20,23H,4-7,16H2,1-3H3. The number of nitriles is 2. The molecule has 3 aromatic carbocycles. The smallest absolute Gasteiger partial charge is 0.126 e. The lowest BCUT2D eigenvalue weighted by atomic mass is 9.87. The molecule has 0 aliphatic carbocycles. The molecule has 194 valence electrons. The predicted octanol–water partition coefficient (Wildman–Crippen LogP) is 10.1. The quantitative estimate of drug-likeness (QED) is 0.156. The molecule has 0 amide bonds. The maximum Gasteiger partial charge on any atom is 0.126 e. The van der Waals surface area contributed by atoms with E-state index >= 15 is 0 Å². The van der Waals surface area contributed by atoms with Gasteiger partial charge in [-0.05, 0) is 83.1 Å². The van der Waals surface area contributed by atoms with Gasteiger partial charge in [-0.25, -0.2) is 0 Å². The molecule has 3 aromatic rings. The number of nitrogens with zero attached hydrogens (tertiary/aromatic N) is 2. The number of methoxy groups -OCH3 is 1. The van der Waals surface area contributed by atoms with Gasteiger partial charge in [0.25, 0.3) is 0 Å². The summed E-state index contributed by atoms with van der Waals surface area (Å²) in [6, 6.07) is 24.4. The summed E-state index contributed by atoms with van der Waals surface area (Å²) in [4.78, 5) is 0. The van der Waals surface area contributed by atoms with Crippen LogP contribution in [0.5, 0.6) is 5.75 Å². The Kier molecular flexibility index (Phi) is 11.4. The van der Waals surface area contributed by atoms with E-state index in [4.69, 9.17) is 4.74 Å². The van der Waals surface area contributed by atoms with Crippen LogP contribution in [0.15, 0.2) is 69.6 Å². The van der Waals surface area contributed by atoms with Gasteiger partial charge in [0.1, 0.15) is 5.75 Å². The SMILES string of the molecule is CCCCC(CC)Cc1cc(C=C(C#N)c2ccc(Br)cc2)c(OC)cc1C=C(C#N)c1ccc(Br)cc1. The number of hydrogen-bond donors (Lipinski definition) is 0. The highest BCUT2D eigenvalue weighted by Crippen LogP contribution is 2.33. The van der Waals surface area contributed by atoms with Crippen LogP contribution >= 0.6 is 31.9 Å². The Balaban J connectivity index is 2.17. The van der Waals surface area contributed by atoms with Crippen LogP contribution in [0.3, 0.4) is 0 Å². The Morgan fingerprint density at radius 3 is 1.82 bits per heavy atom. The Morgan fingerprint density at radius 1 is 0.842 bits per heavy atom. The molecule has 0 bridgehead atoms. The van der Waals surface area contributed by atoms with Gasteiger partial charge in [-0.15, -0.1) is 0 Å². The van der Waals surface area contributed by atoms with Gasteiger partial charge in [-0.1, -0.05) is 95.7 Å². The van der Waals surface area contributed by atoms with Crippen molar-refractivity contribution in [2.24, 2.45) is 5.92 Å². The molecule has 0 heterocycles. The highest BCUT2D eigenvalue weighted by molar-refractivity contribution is 9.10. The largest absolute Gasteiger partial charge is 0.496 e. The van der Waals surface area contributed by atoms with E-state index in [2.05, 4.69) is 63.9 Å². The first kappa shape index (κ1) is 29.4. The van der Waals surface area contributed by atoms with E-state index in [9.17, 15) is 10.5 Å². The fourth-order valence-corrected chi connectivity index (χ4v) is 4.97. The minimum Gasteiger partial charge on any atom is -0.496 e. The van der Waals surface area contributed by atoms with Gasteiger partial charge in [-0.2, -0.15) is 10.5 Å². The van der Waals surface area contributed by atoms with E-state index < -0.39 is 0 Å². The zero-order valence-corrected chi connectivity index (χ0v) is 25.3. The van der Waals surface area contributed by atoms with Gasteiger partial charge >= 0.3 is 0 Å². The van der Waals surface area contributed by atoms with Crippen molar-refractivity contribution in [3.05, 3.63) is 97.4 Å². The Bertz CT molecular complexity index is 1370. The molecule has 5 heteroatoms. The van der Waals surface area contributed by atoms with Crippen LogP contribution in [-0.4, -0.2) is 7.11 Å². The highest BCUT2D eigenvalue weighted by atomic mass is 79.9. The van der Waals surface area contributed by atoms with Gasteiger partial charge < -0.3 is 4.74 Å². The number of benzene rings is 3. The van der Waals surface area contributed by atoms with E-state index in [0.717, 1.165) is 56.0 Å². The summed E-state index contributed by atoms with van der Waals surface area (Å²) in [5.41, 5.74) is 5.85. The molecule has 1 atom stereocenters. The zero-order chi connectivity index (χ0) is 27.5. The second kappa shape index (κ2) is 14.7. The third kappa shape index (κ3) is 7.94. The number of hydrogen-bond acceptors (Lipinski definition) is 3. The molecule has 0 aliphatic rings. The molecule has 0 saturated heterocycles. The number of allylic oxidation sites excluding steroid dienone is 2. The minimum absolute atomic E-state index is 0.535. The summed E-state index contributed by atoms with van der Waals surface area (Å²) >= 11 is 6.94. The van der Waals surface area contributed by atoms with Crippen LogP contribution in [0, 0.1) is 28.6 Å². The van der Waals surface area contributed by atoms with Crippen LogP contribution in [0.4, 0.5) is 0 Å². The third-order valence-electron chi connectivity index (χ3n) is 6.69. The lowest BCUT2D eigenvalue weighted by molar-refractivity contribution is 0.413. The summed E-state index contributed by atoms with van der Waals surface area (Å²) in [7, 11) is 1.64. The molecule has 0 spiro atoms. The van der Waals surface area contributed by atoms with Crippen LogP contribution in [0.25, 0.3) is 23.3 Å². The first-order valence-electron chi connectivity index (χ1n) is 12.9. The van der Waals surface area contributed by atoms with Crippen molar-refractivity contribution in [2.75, 3.05) is 7.11 Å². The van der Waals surface area contributed by atoms with Crippen molar-refractivity contribution in [3.63, 3.8) is 0 Å². The van der Waals surface area contributed by atoms with Crippen molar-refractivity contribution < 1.29 is 4.74 Å². The van der Waals surface area contributed by atoms with E-state index in [1.807, 2.05) is 66.7 Å². The van der Waals surface area contributed by atoms with E-state index in [1.165, 1.54) is 12.8 Å². The van der Waals surface area contributed by atoms with Crippen LogP contribution < -0.4 is 4.74 Å². The van der Waals surface area contributed by atoms with Gasteiger partial charge in [-0.3, -0.25) is 0 Å². The van der Waals surface area contributed by atoms with Crippen molar-refractivity contribution in [3.8, 4) is 17.9 Å². The van der Waals surface area contributed by atoms with E-state index in [0.29, 0.717) is 22.8 Å². The maximum absolute atomic E-state index is 10.0. The molecule has 0 fully saturated rings. The van der Waals surface area contributed by atoms with Crippen molar-refractivity contribution in [2.45, 2.75) is 46.0 Å². The topological polar surface area (TPSA) is 56.8 Å². The fourth-order valence-electron chi connectivity index (χ4n) is 4.44. The lowest BCUT2D eigenvalue weighted by Gasteiger charge is -2.19. The molecular formula is C33H32Br2N2O. The molecule has 0 aromatic heterocycles. The summed E-state index contributed by atoms with van der Waals surface area (Å²) < 4.78 is 7.73. The number of halogens is 2. The average Bonchev–Trinajstić information content (AvgIpc) is 2.94. The first-order valence-corrected chi connectivity index (χ1v) is 14.5. The van der Waals surface area contributed by atoms with Gasteiger partial charge in [0.2, 0.25) is 0 Å². The van der Waals surface area contributed by atoms with E-state index in [1.54, 1.807) is 7.11 Å². The monoisotopic (exact) mass is 630 g/mol. The molecule has 1 unspecified atom stereocenters. The van der Waals surface area contributed by atoms with Crippen LogP contribution in [0.2, 0.25) is 0 Å². The van der Waals surface area contributed by atoms with Crippen LogP contribution in [-0.2, 0) is 6.42 Å². The van der Waals surface area contributed by atoms with Gasteiger partial charge in [0.05, 0.1) is 30.4 Å². The predicted molar refractivity (Wildman–Crippen MR) is 165 cm³/mol. The zero-order valence-electron chi connectivity index (χ0n) is 22.1. The average molecular weight is 632 g/mol. The Labute approximate surface area is 243 Å². The van der Waals surface area contributed by atoms with E-state index in [-0.39, 0.29) is 0 Å². The molecular weight excluding hydrogens is 600 g/mol. The Morgan fingerprint density at radius 2 is 1.37 bits per heavy atom. The van der Waals surface area contributed by atoms with Gasteiger partial charge in [0, 0.05) is 14.5 Å². The summed E-state index contributed by atoms with van der Waals surface area (Å²) in [5.74, 6) is 1.20. The van der Waals surface area contributed by atoms with Gasteiger partial charge in [0.15, 0.2) is 0 Å². The molecule has 0 radical (unpaired) electrons.